The number of benzene rings is 2. The molecule has 1 amide bonds. The van der Waals surface area contributed by atoms with Gasteiger partial charge < -0.3 is 4.90 Å². The van der Waals surface area contributed by atoms with Crippen molar-refractivity contribution in [1.29, 1.82) is 0 Å². The minimum atomic E-state index is -3.39. The van der Waals surface area contributed by atoms with Crippen LogP contribution in [-0.4, -0.2) is 37.1 Å². The van der Waals surface area contributed by atoms with E-state index in [-0.39, 0.29) is 41.6 Å². The highest BCUT2D eigenvalue weighted by Crippen LogP contribution is 2.55. The first-order valence-corrected chi connectivity index (χ1v) is 15.9. The molecule has 1 saturated heterocycles. The maximum absolute atomic E-state index is 14.7. The normalized spacial score (nSPS) is 26.8. The summed E-state index contributed by atoms with van der Waals surface area (Å²) in [7, 11) is -3.39. The zero-order valence-electron chi connectivity index (χ0n) is 21.8. The Morgan fingerprint density at radius 3 is 2.37 bits per heavy atom. The van der Waals surface area contributed by atoms with Crippen LogP contribution >= 0.6 is 23.2 Å². The van der Waals surface area contributed by atoms with Crippen LogP contribution in [0.4, 0.5) is 0 Å². The van der Waals surface area contributed by atoms with Crippen LogP contribution in [0.25, 0.3) is 0 Å². The summed E-state index contributed by atoms with van der Waals surface area (Å²) in [5.74, 6) is 0.307. The number of allylic oxidation sites excluding steroid dienone is 1. The number of piperidine rings is 1. The van der Waals surface area contributed by atoms with Crippen LogP contribution in [-0.2, 0) is 14.8 Å². The van der Waals surface area contributed by atoms with Gasteiger partial charge in [0.1, 0.15) is 0 Å². The molecule has 1 unspecified atom stereocenters. The molecule has 5 nitrogen and oxygen atoms in total. The number of sulfonamides is 1. The van der Waals surface area contributed by atoms with Gasteiger partial charge in [0.2, 0.25) is 15.9 Å². The lowest BCUT2D eigenvalue weighted by Crippen LogP contribution is -2.59. The Morgan fingerprint density at radius 1 is 1.08 bits per heavy atom. The van der Waals surface area contributed by atoms with Crippen molar-refractivity contribution in [2.75, 3.05) is 6.54 Å². The summed E-state index contributed by atoms with van der Waals surface area (Å²) in [6.45, 7) is 6.30. The zero-order chi connectivity index (χ0) is 27.1. The van der Waals surface area contributed by atoms with Crippen LogP contribution in [0, 0.1) is 11.3 Å². The summed E-state index contributed by atoms with van der Waals surface area (Å²) >= 11 is 12.7. The van der Waals surface area contributed by atoms with E-state index in [1.165, 1.54) is 0 Å². The quantitative estimate of drug-likeness (QED) is 0.297. The fourth-order valence-corrected chi connectivity index (χ4v) is 7.94. The van der Waals surface area contributed by atoms with E-state index in [9.17, 15) is 13.2 Å². The predicted octanol–water partition coefficient (Wildman–Crippen LogP) is 6.88. The second kappa shape index (κ2) is 11.0. The number of nitrogens with one attached hydrogen (secondary N) is 1. The summed E-state index contributed by atoms with van der Waals surface area (Å²) in [5, 5.41) is 0.982. The Kier molecular flexibility index (Phi) is 7.99. The highest BCUT2D eigenvalue weighted by atomic mass is 35.5. The van der Waals surface area contributed by atoms with Gasteiger partial charge in [-0.1, -0.05) is 60.5 Å². The van der Waals surface area contributed by atoms with E-state index < -0.39 is 15.4 Å². The predicted molar refractivity (Wildman–Crippen MR) is 154 cm³/mol. The molecule has 4 atom stereocenters. The summed E-state index contributed by atoms with van der Waals surface area (Å²) in [6, 6.07) is 15.1. The molecule has 0 bridgehead atoms. The van der Waals surface area contributed by atoms with Gasteiger partial charge in [-0.25, -0.2) is 13.1 Å². The molecule has 38 heavy (non-hydrogen) atoms. The number of likely N-dealkylation sites (tertiary alicyclic amines) is 1. The van der Waals surface area contributed by atoms with Crippen molar-refractivity contribution in [3.8, 4) is 0 Å². The maximum atomic E-state index is 14.7. The van der Waals surface area contributed by atoms with Gasteiger partial charge in [-0.15, -0.1) is 6.58 Å². The van der Waals surface area contributed by atoms with Gasteiger partial charge in [-0.3, -0.25) is 4.79 Å². The van der Waals surface area contributed by atoms with E-state index in [0.29, 0.717) is 42.1 Å². The van der Waals surface area contributed by atoms with Crippen LogP contribution < -0.4 is 4.72 Å². The maximum Gasteiger partial charge on any atom is 0.229 e. The van der Waals surface area contributed by atoms with Crippen molar-refractivity contribution in [2.45, 2.75) is 75.1 Å². The SMILES string of the molecule is C=CC[C@@]1(CC)CC(c2cccc(Cl)c2)[C@@H](c2ccc(Cl)cc2)N([C@@H](CNS(=O)(=O)C2CC2)C2CC2)C1=O. The fourth-order valence-electron chi connectivity index (χ4n) is 6.22. The molecule has 8 heteroatoms. The third-order valence-electron chi connectivity index (χ3n) is 8.66. The number of hydrogen-bond acceptors (Lipinski definition) is 3. The molecule has 1 heterocycles. The van der Waals surface area contributed by atoms with Gasteiger partial charge >= 0.3 is 0 Å². The molecular formula is C30H36Cl2N2O3S. The summed E-state index contributed by atoms with van der Waals surface area (Å²) in [4.78, 5) is 16.7. The average Bonchev–Trinajstić information content (AvgIpc) is 3.80. The highest BCUT2D eigenvalue weighted by molar-refractivity contribution is 7.90. The van der Waals surface area contributed by atoms with E-state index in [0.717, 1.165) is 24.0 Å². The number of rotatable bonds is 11. The lowest BCUT2D eigenvalue weighted by Gasteiger charge is -2.53. The molecule has 0 aromatic heterocycles. The van der Waals surface area contributed by atoms with Crippen LogP contribution in [0.3, 0.4) is 0 Å². The van der Waals surface area contributed by atoms with Gasteiger partial charge in [-0.2, -0.15) is 0 Å². The second-order valence-corrected chi connectivity index (χ2v) is 14.1. The van der Waals surface area contributed by atoms with Crippen molar-refractivity contribution in [3.63, 3.8) is 0 Å². The number of halogens is 2. The fraction of sp³-hybridized carbons (Fsp3) is 0.500. The summed E-state index contributed by atoms with van der Waals surface area (Å²) < 4.78 is 28.6. The topological polar surface area (TPSA) is 66.5 Å². The highest BCUT2D eigenvalue weighted by Gasteiger charge is 2.54. The van der Waals surface area contributed by atoms with Crippen molar-refractivity contribution in [2.24, 2.45) is 11.3 Å². The van der Waals surface area contributed by atoms with Crippen LogP contribution in [0.15, 0.2) is 61.2 Å². The van der Waals surface area contributed by atoms with E-state index in [2.05, 4.69) is 24.3 Å². The molecule has 2 saturated carbocycles. The van der Waals surface area contributed by atoms with Gasteiger partial charge in [0.05, 0.1) is 16.7 Å². The summed E-state index contributed by atoms with van der Waals surface area (Å²) in [5.41, 5.74) is 1.44. The van der Waals surface area contributed by atoms with Crippen molar-refractivity contribution in [3.05, 3.63) is 82.4 Å². The first-order valence-electron chi connectivity index (χ1n) is 13.6. The molecule has 204 valence electrons. The first kappa shape index (κ1) is 27.7. The second-order valence-electron chi connectivity index (χ2n) is 11.2. The molecule has 0 radical (unpaired) electrons. The third-order valence-corrected chi connectivity index (χ3v) is 11.1. The number of hydrogen-bond donors (Lipinski definition) is 1. The van der Waals surface area contributed by atoms with Crippen molar-refractivity contribution in [1.82, 2.24) is 9.62 Å². The molecule has 3 fully saturated rings. The van der Waals surface area contributed by atoms with Gasteiger partial charge in [0, 0.05) is 28.5 Å². The monoisotopic (exact) mass is 574 g/mol. The Bertz CT molecular complexity index is 1290. The summed E-state index contributed by atoms with van der Waals surface area (Å²) in [6.07, 6.45) is 7.11. The van der Waals surface area contributed by atoms with E-state index in [4.69, 9.17) is 23.2 Å². The van der Waals surface area contributed by atoms with E-state index in [1.54, 1.807) is 0 Å². The molecule has 2 aliphatic carbocycles. The van der Waals surface area contributed by atoms with Gasteiger partial charge in [0.15, 0.2) is 0 Å². The average molecular weight is 576 g/mol. The standard InChI is InChI=1S/C30H36Cl2N2O3S/c1-3-16-30(4-2)18-26(22-6-5-7-24(32)17-22)28(21-10-12-23(31)13-11-21)34(29(30)35)27(20-8-9-20)19-33-38(36,37)25-14-15-25/h3,5-7,10-13,17,20,25-28,33H,1,4,8-9,14-16,18-19H2,2H3/t26?,27-,28+,30-/m0/s1. The van der Waals surface area contributed by atoms with Gasteiger partial charge in [0.25, 0.3) is 0 Å². The number of carbonyl (C=O) groups is 1. The Morgan fingerprint density at radius 2 is 1.79 bits per heavy atom. The third kappa shape index (κ3) is 5.56. The van der Waals surface area contributed by atoms with Crippen LogP contribution in [0.5, 0.6) is 0 Å². The van der Waals surface area contributed by atoms with Crippen LogP contribution in [0.2, 0.25) is 10.0 Å². The van der Waals surface area contributed by atoms with E-state index in [1.807, 2.05) is 53.4 Å². The molecule has 5 rings (SSSR count). The largest absolute Gasteiger partial charge is 0.330 e. The zero-order valence-corrected chi connectivity index (χ0v) is 24.1. The lowest BCUT2D eigenvalue weighted by molar-refractivity contribution is -0.156. The molecule has 3 aliphatic rings. The van der Waals surface area contributed by atoms with Crippen molar-refractivity contribution < 1.29 is 13.2 Å². The smallest absolute Gasteiger partial charge is 0.229 e. The lowest BCUT2D eigenvalue weighted by atomic mass is 9.65. The molecule has 1 N–H and O–H groups in total. The molecule has 1 aliphatic heterocycles. The Labute approximate surface area is 236 Å². The number of carbonyl (C=O) groups excluding carboxylic acids is 1. The number of amides is 1. The number of nitrogens with zero attached hydrogens (tertiary/aromatic N) is 1. The Balaban J connectivity index is 1.64. The first-order chi connectivity index (χ1) is 18.2. The van der Waals surface area contributed by atoms with Gasteiger partial charge in [-0.05, 0) is 86.3 Å². The van der Waals surface area contributed by atoms with E-state index >= 15 is 0 Å². The van der Waals surface area contributed by atoms with Crippen LogP contribution in [0.1, 0.15) is 75.0 Å². The minimum Gasteiger partial charge on any atom is -0.330 e. The Hall–Kier alpha value is -1.86. The molecule has 0 spiro atoms. The minimum absolute atomic E-state index is 0.0336. The molecular weight excluding hydrogens is 539 g/mol. The molecule has 2 aromatic carbocycles. The van der Waals surface area contributed by atoms with Crippen molar-refractivity contribution >= 4 is 39.1 Å². The molecule has 2 aromatic rings.